The summed E-state index contributed by atoms with van der Waals surface area (Å²) < 4.78 is 13.1. The molecule has 0 spiro atoms. The molecule has 1 heterocycles. The van der Waals surface area contributed by atoms with Gasteiger partial charge in [-0.2, -0.15) is 0 Å². The number of fused-ring (bicyclic) bond motifs is 2. The number of halogens is 2. The van der Waals surface area contributed by atoms with Crippen molar-refractivity contribution in [2.45, 2.75) is 38.6 Å². The van der Waals surface area contributed by atoms with E-state index >= 15 is 0 Å². The summed E-state index contributed by atoms with van der Waals surface area (Å²) in [7, 11) is 0. The average molecular weight is 422 g/mol. The third kappa shape index (κ3) is 3.50. The molecule has 4 rings (SSSR count). The van der Waals surface area contributed by atoms with Crippen LogP contribution in [0, 0.1) is 23.6 Å². The van der Waals surface area contributed by atoms with Crippen molar-refractivity contribution in [1.82, 2.24) is 9.80 Å². The van der Waals surface area contributed by atoms with Crippen LogP contribution in [0.5, 0.6) is 0 Å². The Balaban J connectivity index is 1.44. The maximum Gasteiger partial charge on any atom is 0.334 e. The number of benzene rings is 1. The lowest BCUT2D eigenvalue weighted by Crippen LogP contribution is -2.45. The maximum atomic E-state index is 13.1. The largest absolute Gasteiger partial charge is 0.334 e. The van der Waals surface area contributed by atoms with E-state index in [9.17, 15) is 23.6 Å². The quantitative estimate of drug-likeness (QED) is 0.584. The number of carbonyl (C=O) groups is 4. The van der Waals surface area contributed by atoms with Gasteiger partial charge in [0.05, 0.1) is 10.7 Å². The van der Waals surface area contributed by atoms with Crippen LogP contribution in [0.3, 0.4) is 0 Å². The minimum atomic E-state index is -1.01. The van der Waals surface area contributed by atoms with Gasteiger partial charge < -0.3 is 5.32 Å². The molecule has 3 aliphatic rings. The van der Waals surface area contributed by atoms with Gasteiger partial charge in [0.15, 0.2) is 0 Å². The molecule has 2 bridgehead atoms. The van der Waals surface area contributed by atoms with Gasteiger partial charge in [-0.05, 0) is 62.1 Å². The maximum absolute atomic E-state index is 13.1. The topological polar surface area (TPSA) is 86.8 Å². The van der Waals surface area contributed by atoms with Gasteiger partial charge in [-0.3, -0.25) is 19.3 Å². The smallest absolute Gasteiger partial charge is 0.323 e. The lowest BCUT2D eigenvalue weighted by molar-refractivity contribution is -0.144. The Morgan fingerprint density at radius 1 is 1.24 bits per heavy atom. The minimum Gasteiger partial charge on any atom is -0.323 e. The normalized spacial score (nSPS) is 27.1. The van der Waals surface area contributed by atoms with Crippen molar-refractivity contribution < 1.29 is 23.6 Å². The van der Waals surface area contributed by atoms with Crippen LogP contribution in [0.1, 0.15) is 32.6 Å². The lowest BCUT2D eigenvalue weighted by Gasteiger charge is -2.32. The molecule has 154 valence electrons. The molecule has 2 aliphatic carbocycles. The van der Waals surface area contributed by atoms with Crippen LogP contribution < -0.4 is 5.32 Å². The second-order valence-corrected chi connectivity index (χ2v) is 8.51. The molecular formula is C20H21ClFN3O4. The average Bonchev–Trinajstić information content (AvgIpc) is 3.35. The van der Waals surface area contributed by atoms with E-state index < -0.39 is 36.1 Å². The van der Waals surface area contributed by atoms with Crippen LogP contribution in [-0.2, 0) is 14.4 Å². The molecule has 4 atom stereocenters. The van der Waals surface area contributed by atoms with E-state index in [0.717, 1.165) is 36.3 Å². The Hall–Kier alpha value is -2.48. The van der Waals surface area contributed by atoms with Crippen LogP contribution >= 0.6 is 11.6 Å². The zero-order valence-electron chi connectivity index (χ0n) is 15.9. The number of hydrogen-bond donors (Lipinski definition) is 1. The van der Waals surface area contributed by atoms with E-state index in [0.29, 0.717) is 16.7 Å². The molecule has 5 amide bonds. The molecular weight excluding hydrogens is 401 g/mol. The molecule has 0 radical (unpaired) electrons. The van der Waals surface area contributed by atoms with Crippen LogP contribution in [0.4, 0.5) is 14.9 Å². The van der Waals surface area contributed by atoms with Crippen LogP contribution in [0.15, 0.2) is 18.2 Å². The van der Waals surface area contributed by atoms with E-state index in [4.69, 9.17) is 11.6 Å². The van der Waals surface area contributed by atoms with E-state index in [1.54, 1.807) is 6.92 Å². The Morgan fingerprint density at radius 2 is 2.00 bits per heavy atom. The monoisotopic (exact) mass is 421 g/mol. The van der Waals surface area contributed by atoms with Crippen molar-refractivity contribution in [3.05, 3.63) is 29.0 Å². The number of nitrogens with one attached hydrogen (secondary N) is 1. The van der Waals surface area contributed by atoms with Crippen molar-refractivity contribution in [3.8, 4) is 0 Å². The molecule has 0 aromatic heterocycles. The second kappa shape index (κ2) is 7.40. The Morgan fingerprint density at radius 3 is 2.62 bits per heavy atom. The fourth-order valence-corrected chi connectivity index (χ4v) is 5.24. The Kier molecular flexibility index (Phi) is 5.06. The number of urea groups is 1. The number of rotatable bonds is 5. The van der Waals surface area contributed by atoms with Crippen molar-refractivity contribution in [1.29, 1.82) is 0 Å². The molecule has 3 fully saturated rings. The van der Waals surface area contributed by atoms with E-state index in [1.165, 1.54) is 12.5 Å². The summed E-state index contributed by atoms with van der Waals surface area (Å²) in [6.45, 7) is 1.19. The lowest BCUT2D eigenvalue weighted by atomic mass is 9.83. The molecule has 9 heteroatoms. The summed E-state index contributed by atoms with van der Waals surface area (Å²) in [6.07, 6.45) is 4.35. The van der Waals surface area contributed by atoms with Gasteiger partial charge in [-0.1, -0.05) is 18.0 Å². The summed E-state index contributed by atoms with van der Waals surface area (Å²) in [4.78, 5) is 51.6. The summed E-state index contributed by atoms with van der Waals surface area (Å²) in [5, 5.41) is 2.41. The molecule has 7 nitrogen and oxygen atoms in total. The van der Waals surface area contributed by atoms with Gasteiger partial charge in [-0.25, -0.2) is 14.1 Å². The van der Waals surface area contributed by atoms with E-state index in [1.807, 2.05) is 0 Å². The molecule has 1 saturated heterocycles. The first-order valence-corrected chi connectivity index (χ1v) is 10.1. The zero-order valence-corrected chi connectivity index (χ0v) is 16.6. The number of nitrogens with zero attached hydrogens (tertiary/aromatic N) is 2. The Bertz CT molecular complexity index is 908. The number of imide groups is 2. The molecule has 0 unspecified atom stereocenters. The predicted molar refractivity (Wildman–Crippen MR) is 102 cm³/mol. The third-order valence-corrected chi connectivity index (χ3v) is 6.72. The van der Waals surface area contributed by atoms with Crippen LogP contribution in [0.2, 0.25) is 5.02 Å². The highest BCUT2D eigenvalue weighted by Gasteiger charge is 2.52. The molecule has 29 heavy (non-hydrogen) atoms. The molecule has 1 aromatic carbocycles. The number of anilines is 1. The SMILES string of the molecule is C[C@@H]([C@@H]1C[C@H]2CC[C@H]1C2)N1C(=O)C(=O)N(CC(=O)Nc2ccc(F)cc2Cl)C1=O. The molecule has 1 aliphatic heterocycles. The van der Waals surface area contributed by atoms with Gasteiger partial charge in [-0.15, -0.1) is 0 Å². The van der Waals surface area contributed by atoms with Gasteiger partial charge in [0.1, 0.15) is 12.4 Å². The summed E-state index contributed by atoms with van der Waals surface area (Å²) in [5.74, 6) is -1.86. The number of amides is 5. The van der Waals surface area contributed by atoms with Crippen molar-refractivity contribution >= 4 is 41.0 Å². The van der Waals surface area contributed by atoms with E-state index in [2.05, 4.69) is 5.32 Å². The predicted octanol–water partition coefficient (Wildman–Crippen LogP) is 3.03. The summed E-state index contributed by atoms with van der Waals surface area (Å²) in [5.41, 5.74) is 0.149. The standard InChI is InChI=1S/C20H21ClFN3O4/c1-10(14-7-11-2-3-12(14)6-11)25-19(28)18(27)24(20(25)29)9-17(26)23-16-5-4-13(22)8-15(16)21/h4-5,8,10-12,14H,2-3,6-7,9H2,1H3,(H,23,26)/t10-,11-,12-,14-/m0/s1. The van der Waals surface area contributed by atoms with E-state index in [-0.39, 0.29) is 22.7 Å². The Labute approximate surface area is 172 Å². The first-order valence-electron chi connectivity index (χ1n) is 9.70. The van der Waals surface area contributed by atoms with Crippen molar-refractivity contribution in [3.63, 3.8) is 0 Å². The van der Waals surface area contributed by atoms with Crippen LogP contribution in [-0.4, -0.2) is 46.1 Å². The highest BCUT2D eigenvalue weighted by Crippen LogP contribution is 2.50. The molecule has 2 saturated carbocycles. The highest BCUT2D eigenvalue weighted by molar-refractivity contribution is 6.45. The fraction of sp³-hybridized carbons (Fsp3) is 0.500. The third-order valence-electron chi connectivity index (χ3n) is 6.41. The van der Waals surface area contributed by atoms with Crippen LogP contribution in [0.25, 0.3) is 0 Å². The van der Waals surface area contributed by atoms with Crippen molar-refractivity contribution in [2.24, 2.45) is 17.8 Å². The molecule has 1 N–H and O–H groups in total. The van der Waals surface area contributed by atoms with Gasteiger partial charge in [0.2, 0.25) is 5.91 Å². The first-order chi connectivity index (χ1) is 13.8. The highest BCUT2D eigenvalue weighted by atomic mass is 35.5. The van der Waals surface area contributed by atoms with Gasteiger partial charge in [0.25, 0.3) is 0 Å². The zero-order chi connectivity index (χ0) is 20.9. The van der Waals surface area contributed by atoms with Crippen molar-refractivity contribution in [2.75, 3.05) is 11.9 Å². The first kappa shape index (κ1) is 19.8. The van der Waals surface area contributed by atoms with Gasteiger partial charge >= 0.3 is 17.8 Å². The number of hydrogen-bond acceptors (Lipinski definition) is 4. The summed E-state index contributed by atoms with van der Waals surface area (Å²) in [6, 6.07) is 2.28. The fourth-order valence-electron chi connectivity index (χ4n) is 5.02. The van der Waals surface area contributed by atoms with Gasteiger partial charge in [0, 0.05) is 6.04 Å². The minimum absolute atomic E-state index is 0.0139. The number of carbonyl (C=O) groups excluding carboxylic acids is 4. The second-order valence-electron chi connectivity index (χ2n) is 8.10. The molecule has 1 aromatic rings. The summed E-state index contributed by atoms with van der Waals surface area (Å²) >= 11 is 5.87.